The third-order valence-electron chi connectivity index (χ3n) is 17.1. The number of aromatic amines is 2. The first-order chi connectivity index (χ1) is 41.9. The van der Waals surface area contributed by atoms with Crippen molar-refractivity contribution in [1.82, 2.24) is 39.5 Å². The molecule has 0 amide bonds. The molecule has 20 heteroatoms. The van der Waals surface area contributed by atoms with E-state index in [4.69, 9.17) is 58.1 Å². The quantitative estimate of drug-likeness (QED) is 0.0855. The first kappa shape index (κ1) is 54.7. The van der Waals surface area contributed by atoms with E-state index in [1.165, 1.54) is 28.4 Å². The minimum atomic E-state index is -0.769. The van der Waals surface area contributed by atoms with Crippen LogP contribution in [0.2, 0.25) is 0 Å². The fourth-order valence-corrected chi connectivity index (χ4v) is 13.0. The van der Waals surface area contributed by atoms with Crippen molar-refractivity contribution in [2.75, 3.05) is 56.9 Å². The van der Waals surface area contributed by atoms with Gasteiger partial charge in [0.05, 0.1) is 104 Å². The number of fused-ring (bicyclic) bond motifs is 16. The van der Waals surface area contributed by atoms with E-state index >= 15 is 0 Å². The number of methoxy groups -OCH3 is 8. The molecular weight excluding hydrogens is 1100 g/mol. The van der Waals surface area contributed by atoms with Crippen LogP contribution in [0.3, 0.4) is 0 Å². The number of nitrogens with one attached hydrogen (secondary N) is 2. The second-order valence-corrected chi connectivity index (χ2v) is 21.3. The molecule has 434 valence electrons. The molecule has 0 fully saturated rings. The van der Waals surface area contributed by atoms with Gasteiger partial charge < -0.3 is 47.9 Å². The highest BCUT2D eigenvalue weighted by Gasteiger charge is 2.46. The van der Waals surface area contributed by atoms with Crippen LogP contribution < -0.4 is 18.9 Å². The van der Waals surface area contributed by atoms with Crippen LogP contribution in [0.5, 0.6) is 23.0 Å². The maximum atomic E-state index is 13.9. The Morgan fingerprint density at radius 1 is 0.372 bits per heavy atom. The van der Waals surface area contributed by atoms with E-state index in [2.05, 4.69) is 9.97 Å². The van der Waals surface area contributed by atoms with E-state index in [0.717, 1.165) is 66.9 Å². The molecule has 0 spiro atoms. The third kappa shape index (κ3) is 8.97. The topological polar surface area (TPSA) is 235 Å². The van der Waals surface area contributed by atoms with Crippen LogP contribution in [0.15, 0.2) is 121 Å². The third-order valence-corrected chi connectivity index (χ3v) is 17.1. The van der Waals surface area contributed by atoms with Crippen molar-refractivity contribution < 1.29 is 57.1 Å². The number of H-pyrrole nitrogens is 2. The number of rotatable bonds is 12. The van der Waals surface area contributed by atoms with Crippen molar-refractivity contribution in [1.29, 1.82) is 0 Å². The monoisotopic (exact) mass is 1150 g/mol. The largest absolute Gasteiger partial charge is 0.497 e. The lowest BCUT2D eigenvalue weighted by atomic mass is 9.79. The van der Waals surface area contributed by atoms with Gasteiger partial charge in [-0.2, -0.15) is 10.2 Å². The normalized spacial score (nSPS) is 16.4. The summed E-state index contributed by atoms with van der Waals surface area (Å²) in [6, 6.07) is 39.5. The van der Waals surface area contributed by atoms with Crippen LogP contribution in [0.4, 0.5) is 0 Å². The van der Waals surface area contributed by atoms with Gasteiger partial charge in [-0.15, -0.1) is 0 Å². The first-order valence-electron chi connectivity index (χ1n) is 27.8. The average molecular weight is 1160 g/mol. The fraction of sp³-hybridized carbons (Fsp3) is 0.242. The summed E-state index contributed by atoms with van der Waals surface area (Å²) in [4.78, 5) is 74.6. The molecule has 13 rings (SSSR count). The molecule has 0 saturated carbocycles. The number of hydrogen-bond acceptors (Lipinski definition) is 16. The number of carbonyl (C=O) groups is 4. The summed E-state index contributed by atoms with van der Waals surface area (Å²) < 4.78 is 47.4. The molecule has 9 aromatic rings. The van der Waals surface area contributed by atoms with Crippen molar-refractivity contribution in [2.24, 2.45) is 0 Å². The molecule has 86 heavy (non-hydrogen) atoms. The van der Waals surface area contributed by atoms with Gasteiger partial charge in [-0.25, -0.2) is 19.2 Å². The lowest BCUT2D eigenvalue weighted by Gasteiger charge is -2.29. The Bertz CT molecular complexity index is 4110. The minimum absolute atomic E-state index is 0.0310. The summed E-state index contributed by atoms with van der Waals surface area (Å²) in [5.74, 6) is -2.05. The van der Waals surface area contributed by atoms with Gasteiger partial charge in [0.15, 0.2) is 11.4 Å². The molecule has 4 aliphatic heterocycles. The van der Waals surface area contributed by atoms with Crippen LogP contribution in [-0.4, -0.2) is 120 Å². The molecule has 0 aliphatic carbocycles. The summed E-state index contributed by atoms with van der Waals surface area (Å²) in [6.07, 6.45) is 0.443. The summed E-state index contributed by atoms with van der Waals surface area (Å²) >= 11 is 0. The standard InChI is InChI=1S/C66H58N8O12/c1-79-37-17-9-33(10-18-37)51-45-25-26-46(67-45)52(34-11-19-38(80-2)20-12-34)58-42-30-50-56(64(76)84-6)62(66(78)86-8)72-74(50)32-44(42)60(70-58)54(36-15-23-40(82-4)24-16-36)48-28-27-47(68-48)53(35-13-21-39(81-3)22-14-35)59-43-31-73-49(29-41(43)57(51)69-59)55(63(75)83-5)61(71-73)65(77)85-7/h9-28,41-44,67-68H,29-32H2,1-8H3. The molecule has 9 heterocycles. The Morgan fingerprint density at radius 2 is 0.640 bits per heavy atom. The highest BCUT2D eigenvalue weighted by molar-refractivity contribution is 6.04. The van der Waals surface area contributed by atoms with Gasteiger partial charge in [-0.1, -0.05) is 48.5 Å². The second kappa shape index (κ2) is 21.9. The summed E-state index contributed by atoms with van der Waals surface area (Å²) in [7, 11) is 11.6. The Balaban J connectivity index is 1.22. The SMILES string of the molecule is COC(=O)c1nn2c(c1C(=O)OC)CC1c3nc(c(-c4ccc(OC)cc4)c4ccc([nH]4)c(-c4ccc(OC)cc4)c4nc(c(-c5ccc(OC)cc5)c5ccc([nH]5)c3-c3ccc(OC)cc3)C3Cc5c(C(=O)OC)c(C(=O)OC)nn5CC43)C1C2. The number of benzene rings is 4. The molecule has 20 nitrogen and oxygen atoms in total. The van der Waals surface area contributed by atoms with E-state index < -0.39 is 47.5 Å². The van der Waals surface area contributed by atoms with Crippen molar-refractivity contribution in [3.05, 3.63) is 178 Å². The van der Waals surface area contributed by atoms with Gasteiger partial charge in [-0.3, -0.25) is 19.3 Å². The zero-order chi connectivity index (χ0) is 59.7. The predicted molar refractivity (Wildman–Crippen MR) is 317 cm³/mol. The molecule has 4 aliphatic rings. The van der Waals surface area contributed by atoms with E-state index in [-0.39, 0.29) is 48.4 Å². The van der Waals surface area contributed by atoms with Crippen LogP contribution in [0, 0.1) is 0 Å². The van der Waals surface area contributed by atoms with Crippen molar-refractivity contribution in [2.45, 2.75) is 49.6 Å². The van der Waals surface area contributed by atoms with Gasteiger partial charge in [0, 0.05) is 68.0 Å². The number of nitrogens with zero attached hydrogens (tertiary/aromatic N) is 6. The minimum Gasteiger partial charge on any atom is -0.497 e. The first-order valence-corrected chi connectivity index (χ1v) is 27.8. The van der Waals surface area contributed by atoms with Gasteiger partial charge in [0.25, 0.3) is 0 Å². The molecule has 5 aromatic heterocycles. The number of carbonyl (C=O) groups excluding carboxylic acids is 4. The van der Waals surface area contributed by atoms with Crippen LogP contribution in [-0.2, 0) is 44.9 Å². The predicted octanol–water partition coefficient (Wildman–Crippen LogP) is 10.8. The number of aromatic nitrogens is 8. The van der Waals surface area contributed by atoms with Gasteiger partial charge >= 0.3 is 23.9 Å². The molecule has 2 N–H and O–H groups in total. The Morgan fingerprint density at radius 3 is 0.895 bits per heavy atom. The van der Waals surface area contributed by atoms with Crippen molar-refractivity contribution in [3.8, 4) is 67.5 Å². The van der Waals surface area contributed by atoms with Gasteiger partial charge in [0.2, 0.25) is 0 Å². The summed E-state index contributed by atoms with van der Waals surface area (Å²) in [6.45, 7) is 0.425. The second-order valence-electron chi connectivity index (χ2n) is 21.3. The van der Waals surface area contributed by atoms with E-state index in [9.17, 15) is 19.2 Å². The van der Waals surface area contributed by atoms with Gasteiger partial charge in [0.1, 0.15) is 34.1 Å². The molecule has 4 aromatic carbocycles. The van der Waals surface area contributed by atoms with E-state index in [1.54, 1.807) is 37.8 Å². The number of esters is 4. The molecule has 8 bridgehead atoms. The maximum Gasteiger partial charge on any atom is 0.359 e. The lowest BCUT2D eigenvalue weighted by molar-refractivity contribution is 0.0551. The molecule has 0 radical (unpaired) electrons. The summed E-state index contributed by atoms with van der Waals surface area (Å²) in [5.41, 5.74) is 12.9. The van der Waals surface area contributed by atoms with Gasteiger partial charge in [-0.05, 0) is 108 Å². The Labute approximate surface area is 492 Å². The van der Waals surface area contributed by atoms with Crippen LogP contribution in [0.25, 0.3) is 66.6 Å². The van der Waals surface area contributed by atoms with Crippen LogP contribution in [0.1, 0.15) is 99.5 Å². The summed E-state index contributed by atoms with van der Waals surface area (Å²) in [5, 5.41) is 9.60. The molecule has 0 saturated heterocycles. The molecule has 4 unspecified atom stereocenters. The van der Waals surface area contributed by atoms with Crippen molar-refractivity contribution in [3.63, 3.8) is 0 Å². The maximum absolute atomic E-state index is 13.9. The lowest BCUT2D eigenvalue weighted by Crippen LogP contribution is -2.26. The number of ether oxygens (including phenoxy) is 8. The molecular formula is C66H58N8O12. The number of hydrogen-bond donors (Lipinski definition) is 2. The zero-order valence-electron chi connectivity index (χ0n) is 48.3. The van der Waals surface area contributed by atoms with E-state index in [1.807, 2.05) is 121 Å². The highest BCUT2D eigenvalue weighted by atomic mass is 16.5. The smallest absolute Gasteiger partial charge is 0.359 e. The molecule has 4 atom stereocenters. The fourth-order valence-electron chi connectivity index (χ4n) is 13.0. The highest BCUT2D eigenvalue weighted by Crippen LogP contribution is 2.54. The van der Waals surface area contributed by atoms with E-state index in [0.29, 0.717) is 56.8 Å². The average Bonchev–Trinajstić information content (AvgIpc) is 1.68. The van der Waals surface area contributed by atoms with Crippen molar-refractivity contribution >= 4 is 45.9 Å². The zero-order valence-corrected chi connectivity index (χ0v) is 48.3. The Hall–Kier alpha value is -10.5. The Kier molecular flexibility index (Phi) is 14.0. The van der Waals surface area contributed by atoms with Crippen LogP contribution >= 0.6 is 0 Å².